The Morgan fingerprint density at radius 3 is 1.54 bits per heavy atom. The third-order valence-corrected chi connectivity index (χ3v) is 3.52. The van der Waals surface area contributed by atoms with Gasteiger partial charge in [0.15, 0.2) is 0 Å². The molecular formula is C18H28N2O8. The van der Waals surface area contributed by atoms with Crippen molar-refractivity contribution in [1.82, 2.24) is 10.6 Å². The smallest absolute Gasteiger partial charge is 0.407 e. The predicted molar refractivity (Wildman–Crippen MR) is 99.4 cm³/mol. The largest absolute Gasteiger partial charge is 0.461 e. The standard InChI is InChI=1S/C18H28N2O8/c1-5-14(21)25-10-8-19-16(23)27-12-18(4,7-3)13-28-17(24)20-9-11-26-15(22)6-2/h5-6H,1-2,7-13H2,3-4H3,(H,19,23)(H,20,24). The summed E-state index contributed by atoms with van der Waals surface area (Å²) in [7, 11) is 0. The molecule has 0 saturated heterocycles. The number of alkyl carbamates (subject to hydrolysis) is 2. The number of rotatable bonds is 13. The zero-order valence-electron chi connectivity index (χ0n) is 16.3. The SMILES string of the molecule is C=CC(=O)OCCNC(=O)OCC(C)(CC)COC(=O)NCCOC(=O)C=C. The highest BCUT2D eigenvalue weighted by Crippen LogP contribution is 2.22. The number of hydrogen-bond acceptors (Lipinski definition) is 8. The summed E-state index contributed by atoms with van der Waals surface area (Å²) in [5.41, 5.74) is -0.584. The zero-order chi connectivity index (χ0) is 21.4. The number of esters is 2. The van der Waals surface area contributed by atoms with E-state index in [1.165, 1.54) is 0 Å². The van der Waals surface area contributed by atoms with Gasteiger partial charge in [0.25, 0.3) is 0 Å². The average Bonchev–Trinajstić information content (AvgIpc) is 2.70. The Kier molecular flexibility index (Phi) is 12.5. The van der Waals surface area contributed by atoms with E-state index in [2.05, 4.69) is 23.8 Å². The summed E-state index contributed by atoms with van der Waals surface area (Å²) in [4.78, 5) is 45.0. The first-order valence-electron chi connectivity index (χ1n) is 8.66. The highest BCUT2D eigenvalue weighted by molar-refractivity contribution is 5.81. The number of amides is 2. The van der Waals surface area contributed by atoms with Gasteiger partial charge in [-0.15, -0.1) is 0 Å². The van der Waals surface area contributed by atoms with Crippen LogP contribution in [0.25, 0.3) is 0 Å². The fraction of sp³-hybridized carbons (Fsp3) is 0.556. The van der Waals surface area contributed by atoms with Crippen LogP contribution in [-0.4, -0.2) is 63.6 Å². The molecule has 0 unspecified atom stereocenters. The summed E-state index contributed by atoms with van der Waals surface area (Å²) in [6.07, 6.45) is 1.27. The van der Waals surface area contributed by atoms with Crippen LogP contribution in [0.5, 0.6) is 0 Å². The Morgan fingerprint density at radius 2 is 1.21 bits per heavy atom. The van der Waals surface area contributed by atoms with Gasteiger partial charge in [-0.2, -0.15) is 0 Å². The molecule has 0 aromatic heterocycles. The van der Waals surface area contributed by atoms with E-state index in [-0.39, 0.29) is 39.5 Å². The fourth-order valence-corrected chi connectivity index (χ4v) is 1.55. The van der Waals surface area contributed by atoms with Crippen LogP contribution < -0.4 is 10.6 Å². The van der Waals surface area contributed by atoms with Crippen molar-refractivity contribution in [1.29, 1.82) is 0 Å². The van der Waals surface area contributed by atoms with Crippen LogP contribution in [0.15, 0.2) is 25.3 Å². The number of hydrogen-bond donors (Lipinski definition) is 2. The van der Waals surface area contributed by atoms with E-state index in [1.54, 1.807) is 6.92 Å². The van der Waals surface area contributed by atoms with E-state index in [4.69, 9.17) is 18.9 Å². The first kappa shape index (κ1) is 25.0. The van der Waals surface area contributed by atoms with Gasteiger partial charge in [-0.05, 0) is 6.42 Å². The summed E-state index contributed by atoms with van der Waals surface area (Å²) in [6, 6.07) is 0. The van der Waals surface area contributed by atoms with Crippen molar-refractivity contribution in [3.8, 4) is 0 Å². The zero-order valence-corrected chi connectivity index (χ0v) is 16.3. The van der Waals surface area contributed by atoms with E-state index < -0.39 is 29.5 Å². The second kappa shape index (κ2) is 14.1. The van der Waals surface area contributed by atoms with Gasteiger partial charge in [-0.1, -0.05) is 27.0 Å². The molecule has 0 saturated carbocycles. The van der Waals surface area contributed by atoms with Gasteiger partial charge in [0.05, 0.1) is 13.1 Å². The van der Waals surface area contributed by atoms with Crippen molar-refractivity contribution < 1.29 is 38.1 Å². The molecule has 2 N–H and O–H groups in total. The third-order valence-electron chi connectivity index (χ3n) is 3.52. The number of ether oxygens (including phenoxy) is 4. The molecule has 0 rings (SSSR count). The predicted octanol–water partition coefficient (Wildman–Crippen LogP) is 1.31. The van der Waals surface area contributed by atoms with Crippen LogP contribution in [0.4, 0.5) is 9.59 Å². The molecule has 0 aliphatic heterocycles. The van der Waals surface area contributed by atoms with Gasteiger partial charge in [0.2, 0.25) is 0 Å². The summed E-state index contributed by atoms with van der Waals surface area (Å²) in [5, 5.41) is 4.86. The molecule has 10 heteroatoms. The van der Waals surface area contributed by atoms with Crippen molar-refractivity contribution in [2.45, 2.75) is 20.3 Å². The van der Waals surface area contributed by atoms with Gasteiger partial charge >= 0.3 is 24.1 Å². The van der Waals surface area contributed by atoms with Gasteiger partial charge < -0.3 is 29.6 Å². The molecule has 0 aliphatic carbocycles. The van der Waals surface area contributed by atoms with E-state index >= 15 is 0 Å². The molecule has 0 radical (unpaired) electrons. The third kappa shape index (κ3) is 12.3. The average molecular weight is 400 g/mol. The van der Waals surface area contributed by atoms with Gasteiger partial charge in [-0.3, -0.25) is 0 Å². The van der Waals surface area contributed by atoms with Crippen LogP contribution >= 0.6 is 0 Å². The molecule has 10 nitrogen and oxygen atoms in total. The lowest BCUT2D eigenvalue weighted by atomic mass is 9.90. The normalized spacial score (nSPS) is 10.2. The van der Waals surface area contributed by atoms with Crippen LogP contribution in [0, 0.1) is 5.41 Å². The number of nitrogens with one attached hydrogen (secondary N) is 2. The maximum Gasteiger partial charge on any atom is 0.407 e. The van der Waals surface area contributed by atoms with Crippen LogP contribution in [0.1, 0.15) is 20.3 Å². The molecule has 2 amide bonds. The van der Waals surface area contributed by atoms with Crippen molar-refractivity contribution >= 4 is 24.1 Å². The van der Waals surface area contributed by atoms with E-state index in [0.717, 1.165) is 12.2 Å². The quantitative estimate of drug-likeness (QED) is 0.205. The summed E-state index contributed by atoms with van der Waals surface area (Å²) < 4.78 is 19.6. The summed E-state index contributed by atoms with van der Waals surface area (Å²) in [5.74, 6) is -1.16. The molecule has 158 valence electrons. The molecule has 0 aromatic rings. The maximum atomic E-state index is 11.6. The summed E-state index contributed by atoms with van der Waals surface area (Å²) >= 11 is 0. The topological polar surface area (TPSA) is 129 Å². The van der Waals surface area contributed by atoms with Crippen molar-refractivity contribution in [3.63, 3.8) is 0 Å². The maximum absolute atomic E-state index is 11.6. The summed E-state index contributed by atoms with van der Waals surface area (Å²) in [6.45, 7) is 10.4. The van der Waals surface area contributed by atoms with Gasteiger partial charge in [-0.25, -0.2) is 19.2 Å². The van der Waals surface area contributed by atoms with Crippen LogP contribution in [-0.2, 0) is 28.5 Å². The van der Waals surface area contributed by atoms with Crippen molar-refractivity contribution in [2.75, 3.05) is 39.5 Å². The van der Waals surface area contributed by atoms with Gasteiger partial charge in [0, 0.05) is 17.6 Å². The highest BCUT2D eigenvalue weighted by Gasteiger charge is 2.26. The Labute approximate surface area is 164 Å². The van der Waals surface area contributed by atoms with Crippen molar-refractivity contribution in [2.24, 2.45) is 5.41 Å². The first-order valence-corrected chi connectivity index (χ1v) is 8.66. The lowest BCUT2D eigenvalue weighted by Crippen LogP contribution is -2.37. The highest BCUT2D eigenvalue weighted by atomic mass is 16.6. The molecule has 0 fully saturated rings. The molecule has 28 heavy (non-hydrogen) atoms. The van der Waals surface area contributed by atoms with Gasteiger partial charge in [0.1, 0.15) is 26.4 Å². The second-order valence-electron chi connectivity index (χ2n) is 5.91. The molecule has 0 bridgehead atoms. The fourth-order valence-electron chi connectivity index (χ4n) is 1.55. The minimum Gasteiger partial charge on any atom is -0.461 e. The Morgan fingerprint density at radius 1 is 0.821 bits per heavy atom. The number of carbonyl (C=O) groups is 4. The molecule has 0 spiro atoms. The molecule has 0 atom stereocenters. The molecule has 0 aromatic carbocycles. The van der Waals surface area contributed by atoms with E-state index in [9.17, 15) is 19.2 Å². The van der Waals surface area contributed by atoms with Crippen LogP contribution in [0.2, 0.25) is 0 Å². The van der Waals surface area contributed by atoms with Crippen molar-refractivity contribution in [3.05, 3.63) is 25.3 Å². The van der Waals surface area contributed by atoms with Crippen LogP contribution in [0.3, 0.4) is 0 Å². The first-order chi connectivity index (χ1) is 13.3. The Balaban J connectivity index is 4.05. The number of carbonyl (C=O) groups excluding carboxylic acids is 4. The molecule has 0 heterocycles. The second-order valence-corrected chi connectivity index (χ2v) is 5.91. The Hall–Kier alpha value is -3.04. The minimum absolute atomic E-state index is 0.00358. The lowest BCUT2D eigenvalue weighted by Gasteiger charge is -2.27. The molecule has 0 aliphatic rings. The minimum atomic E-state index is -0.678. The van der Waals surface area contributed by atoms with E-state index in [0.29, 0.717) is 6.42 Å². The molecular weight excluding hydrogens is 372 g/mol. The monoisotopic (exact) mass is 400 g/mol. The lowest BCUT2D eigenvalue weighted by molar-refractivity contribution is -0.138. The van der Waals surface area contributed by atoms with E-state index in [1.807, 2.05) is 6.92 Å². The Bertz CT molecular complexity index is 518.